The van der Waals surface area contributed by atoms with Crippen LogP contribution in [0.2, 0.25) is 0 Å². The third-order valence-electron chi connectivity index (χ3n) is 2.85. The second kappa shape index (κ2) is 5.77. The van der Waals surface area contributed by atoms with Gasteiger partial charge in [0.15, 0.2) is 17.3 Å². The summed E-state index contributed by atoms with van der Waals surface area (Å²) in [7, 11) is 1.28. The molecule has 0 aliphatic heterocycles. The molecule has 0 spiro atoms. The molecule has 2 aromatic carbocycles. The molecule has 2 nitrogen and oxygen atoms in total. The van der Waals surface area contributed by atoms with Crippen molar-refractivity contribution in [2.24, 2.45) is 0 Å². The van der Waals surface area contributed by atoms with Crippen LogP contribution in [-0.4, -0.2) is 12.9 Å². The molecule has 5 heteroatoms. The normalized spacial score (nSPS) is 10.4. The van der Waals surface area contributed by atoms with E-state index in [1.54, 1.807) is 0 Å². The molecule has 0 amide bonds. The van der Waals surface area contributed by atoms with Gasteiger partial charge in [-0.1, -0.05) is 12.1 Å². The monoisotopic (exact) mass is 280 g/mol. The van der Waals surface area contributed by atoms with Gasteiger partial charge in [0.2, 0.25) is 0 Å². The fourth-order valence-corrected chi connectivity index (χ4v) is 1.82. The molecule has 0 atom stereocenters. The van der Waals surface area contributed by atoms with Crippen molar-refractivity contribution >= 4 is 5.78 Å². The summed E-state index contributed by atoms with van der Waals surface area (Å²) in [6, 6.07) is 7.04. The molecule has 0 N–H and O–H groups in total. The van der Waals surface area contributed by atoms with Crippen LogP contribution in [0.15, 0.2) is 36.4 Å². The molecule has 0 unspecified atom stereocenters. The molecular formula is C15H11F3O2. The first-order valence-corrected chi connectivity index (χ1v) is 5.82. The Morgan fingerprint density at radius 1 is 1.15 bits per heavy atom. The first kappa shape index (κ1) is 14.1. The van der Waals surface area contributed by atoms with E-state index in [9.17, 15) is 18.0 Å². The van der Waals surface area contributed by atoms with Gasteiger partial charge in [0.25, 0.3) is 0 Å². The number of halogens is 3. The molecule has 0 aliphatic rings. The van der Waals surface area contributed by atoms with E-state index in [0.717, 1.165) is 6.07 Å². The number of hydrogen-bond acceptors (Lipinski definition) is 2. The number of carbonyl (C=O) groups excluding carboxylic acids is 1. The second-order valence-electron chi connectivity index (χ2n) is 4.16. The highest BCUT2D eigenvalue weighted by molar-refractivity contribution is 5.98. The molecule has 0 fully saturated rings. The summed E-state index contributed by atoms with van der Waals surface area (Å²) in [6.07, 6.45) is -0.351. The molecular weight excluding hydrogens is 269 g/mol. The van der Waals surface area contributed by atoms with Gasteiger partial charge in [0.1, 0.15) is 11.6 Å². The highest BCUT2D eigenvalue weighted by Gasteiger charge is 2.17. The van der Waals surface area contributed by atoms with Crippen molar-refractivity contribution in [3.63, 3.8) is 0 Å². The molecule has 20 heavy (non-hydrogen) atoms. The number of ketones is 1. The van der Waals surface area contributed by atoms with E-state index in [0.29, 0.717) is 6.07 Å². The Morgan fingerprint density at radius 2 is 1.90 bits per heavy atom. The van der Waals surface area contributed by atoms with Crippen molar-refractivity contribution < 1.29 is 22.7 Å². The van der Waals surface area contributed by atoms with E-state index in [-0.39, 0.29) is 23.3 Å². The zero-order valence-corrected chi connectivity index (χ0v) is 10.6. The maximum atomic E-state index is 13.9. The van der Waals surface area contributed by atoms with Crippen LogP contribution in [0.5, 0.6) is 5.75 Å². The zero-order valence-electron chi connectivity index (χ0n) is 10.6. The van der Waals surface area contributed by atoms with Crippen molar-refractivity contribution in [1.29, 1.82) is 0 Å². The molecule has 2 aromatic rings. The third-order valence-corrected chi connectivity index (χ3v) is 2.85. The number of benzene rings is 2. The van der Waals surface area contributed by atoms with Gasteiger partial charge in [-0.2, -0.15) is 0 Å². The average molecular weight is 280 g/mol. The van der Waals surface area contributed by atoms with Crippen LogP contribution in [-0.2, 0) is 6.42 Å². The topological polar surface area (TPSA) is 26.3 Å². The fraction of sp³-hybridized carbons (Fsp3) is 0.133. The minimum absolute atomic E-state index is 0.0126. The molecule has 0 heterocycles. The Labute approximate surface area is 113 Å². The third kappa shape index (κ3) is 2.82. The fourth-order valence-electron chi connectivity index (χ4n) is 1.82. The van der Waals surface area contributed by atoms with Crippen LogP contribution in [0, 0.1) is 17.5 Å². The van der Waals surface area contributed by atoms with Crippen LogP contribution in [0.1, 0.15) is 15.9 Å². The quantitative estimate of drug-likeness (QED) is 0.801. The molecule has 104 valence electrons. The molecule has 0 bridgehead atoms. The van der Waals surface area contributed by atoms with Gasteiger partial charge in [0.05, 0.1) is 12.7 Å². The van der Waals surface area contributed by atoms with E-state index in [1.165, 1.54) is 31.4 Å². The van der Waals surface area contributed by atoms with Crippen LogP contribution < -0.4 is 4.74 Å². The summed E-state index contributed by atoms with van der Waals surface area (Å²) in [5.74, 6) is -3.02. The van der Waals surface area contributed by atoms with Crippen LogP contribution in [0.4, 0.5) is 13.2 Å². The van der Waals surface area contributed by atoms with Crippen molar-refractivity contribution in [3.8, 4) is 5.75 Å². The lowest BCUT2D eigenvalue weighted by Crippen LogP contribution is -2.08. The highest BCUT2D eigenvalue weighted by Crippen LogP contribution is 2.22. The number of ether oxygens (including phenoxy) is 1. The summed E-state index contributed by atoms with van der Waals surface area (Å²) < 4.78 is 44.9. The van der Waals surface area contributed by atoms with Gasteiger partial charge in [-0.3, -0.25) is 4.79 Å². The molecule has 0 saturated carbocycles. The summed E-state index contributed by atoms with van der Waals surface area (Å²) in [5, 5.41) is 0. The largest absolute Gasteiger partial charge is 0.494 e. The van der Waals surface area contributed by atoms with Gasteiger partial charge in [-0.25, -0.2) is 13.2 Å². The standard InChI is InChI=1S/C15H11F3O2/c1-20-14-4-2-3-11(15(14)18)13(19)7-9-5-6-10(16)8-12(9)17/h2-6,8H,7H2,1H3. The first-order chi connectivity index (χ1) is 9.52. The Balaban J connectivity index is 2.28. The van der Waals surface area contributed by atoms with Gasteiger partial charge in [-0.05, 0) is 23.8 Å². The van der Waals surface area contributed by atoms with Crippen molar-refractivity contribution in [1.82, 2.24) is 0 Å². The maximum Gasteiger partial charge on any atom is 0.175 e. The number of Topliss-reactive ketones (excluding diaryl/α,β-unsaturated/α-hetero) is 1. The van der Waals surface area contributed by atoms with Crippen molar-refractivity contribution in [2.75, 3.05) is 7.11 Å². The highest BCUT2D eigenvalue weighted by atomic mass is 19.1. The smallest absolute Gasteiger partial charge is 0.175 e. The first-order valence-electron chi connectivity index (χ1n) is 5.82. The molecule has 0 aromatic heterocycles. The number of hydrogen-bond donors (Lipinski definition) is 0. The van der Waals surface area contributed by atoms with Gasteiger partial charge < -0.3 is 4.74 Å². The minimum Gasteiger partial charge on any atom is -0.494 e. The van der Waals surface area contributed by atoms with Crippen LogP contribution in [0.25, 0.3) is 0 Å². The number of carbonyl (C=O) groups is 1. The molecule has 0 radical (unpaired) electrons. The Bertz CT molecular complexity index is 654. The van der Waals surface area contributed by atoms with E-state index in [1.807, 2.05) is 0 Å². The minimum atomic E-state index is -0.832. The lowest BCUT2D eigenvalue weighted by molar-refractivity contribution is 0.0987. The predicted octanol–water partition coefficient (Wildman–Crippen LogP) is 3.54. The lowest BCUT2D eigenvalue weighted by Gasteiger charge is -2.07. The molecule has 0 aliphatic carbocycles. The SMILES string of the molecule is COc1cccc(C(=O)Cc2ccc(F)cc2F)c1F. The van der Waals surface area contributed by atoms with E-state index in [2.05, 4.69) is 0 Å². The Kier molecular flexibility index (Phi) is 4.08. The molecule has 2 rings (SSSR count). The zero-order chi connectivity index (χ0) is 14.7. The average Bonchev–Trinajstić information content (AvgIpc) is 2.42. The lowest BCUT2D eigenvalue weighted by atomic mass is 10.0. The Hall–Kier alpha value is -2.30. The van der Waals surface area contributed by atoms with Gasteiger partial charge in [-0.15, -0.1) is 0 Å². The molecule has 0 saturated heterocycles. The summed E-state index contributed by atoms with van der Waals surface area (Å²) >= 11 is 0. The summed E-state index contributed by atoms with van der Waals surface area (Å²) in [6.45, 7) is 0. The Morgan fingerprint density at radius 3 is 2.55 bits per heavy atom. The second-order valence-corrected chi connectivity index (χ2v) is 4.16. The summed E-state index contributed by atoms with van der Waals surface area (Å²) in [5.41, 5.74) is -0.174. The van der Waals surface area contributed by atoms with E-state index < -0.39 is 23.2 Å². The van der Waals surface area contributed by atoms with E-state index >= 15 is 0 Å². The van der Waals surface area contributed by atoms with Crippen molar-refractivity contribution in [3.05, 3.63) is 65.0 Å². The van der Waals surface area contributed by atoms with Crippen molar-refractivity contribution in [2.45, 2.75) is 6.42 Å². The number of rotatable bonds is 4. The predicted molar refractivity (Wildman–Crippen MR) is 67.3 cm³/mol. The van der Waals surface area contributed by atoms with Crippen LogP contribution >= 0.6 is 0 Å². The van der Waals surface area contributed by atoms with Gasteiger partial charge in [0, 0.05) is 12.5 Å². The summed E-state index contributed by atoms with van der Waals surface area (Å²) in [4.78, 5) is 12.0. The van der Waals surface area contributed by atoms with Crippen LogP contribution in [0.3, 0.4) is 0 Å². The number of methoxy groups -OCH3 is 1. The maximum absolute atomic E-state index is 13.9. The van der Waals surface area contributed by atoms with Gasteiger partial charge >= 0.3 is 0 Å². The van der Waals surface area contributed by atoms with E-state index in [4.69, 9.17) is 4.74 Å².